The number of hydrogen-bond donors (Lipinski definition) is 1. The van der Waals surface area contributed by atoms with E-state index in [1.807, 2.05) is 19.6 Å². The predicted molar refractivity (Wildman–Crippen MR) is 111 cm³/mol. The second-order valence-electron chi connectivity index (χ2n) is 9.78. The summed E-state index contributed by atoms with van der Waals surface area (Å²) in [6, 6.07) is 0. The molecule has 1 amide bonds. The van der Waals surface area contributed by atoms with Crippen molar-refractivity contribution in [2.45, 2.75) is 78.6 Å². The van der Waals surface area contributed by atoms with Crippen LogP contribution < -0.4 is 4.98 Å². The monoisotopic (exact) mass is 380 g/mol. The topological polar surface area (TPSA) is 41.6 Å². The van der Waals surface area contributed by atoms with Gasteiger partial charge in [0, 0.05) is 0 Å². The molecule has 0 rings (SSSR count). The van der Waals surface area contributed by atoms with E-state index in [-0.39, 0.29) is 6.09 Å². The molecule has 0 atom stereocenters. The molecule has 0 spiro atoms. The van der Waals surface area contributed by atoms with Crippen molar-refractivity contribution in [3.8, 4) is 0 Å². The van der Waals surface area contributed by atoms with Gasteiger partial charge in [-0.1, -0.05) is 58.9 Å². The first-order chi connectivity index (χ1) is 9.26. The molecule has 0 aliphatic heterocycles. The Morgan fingerprint density at radius 1 is 0.773 bits per heavy atom. The smallest absolute Gasteiger partial charge is 0.385 e. The molecular weight excluding hydrogens is 341 g/mol. The molecule has 0 aliphatic carbocycles. The van der Waals surface area contributed by atoms with Crippen molar-refractivity contribution in [3.63, 3.8) is 0 Å². The third-order valence-electron chi connectivity index (χ3n) is 2.89. The Morgan fingerprint density at radius 2 is 1.09 bits per heavy atom. The molecule has 22 heavy (non-hydrogen) atoms. The normalized spacial score (nSPS) is 13.4. The Morgan fingerprint density at radius 3 is 1.23 bits per heavy atom. The molecule has 4 nitrogen and oxygen atoms in total. The minimum atomic E-state index is -1.71. The standard InChI is InChI=1S/C7H19NO2Si2.C7H21NSi2/c1-11(2,3)8-7(9)10-12(4,5)6;1-8(9(2,3)4)10(5,6)7/h1-6H3,(H,8,9);1-7H3. The fourth-order valence-corrected chi connectivity index (χ4v) is 11.0. The third kappa shape index (κ3) is 15.0. The molecule has 0 unspecified atom stereocenters. The fourth-order valence-electron chi connectivity index (χ4n) is 1.62. The van der Waals surface area contributed by atoms with Crippen molar-refractivity contribution >= 4 is 39.1 Å². The first-order valence-corrected chi connectivity index (χ1v) is 21.8. The molecule has 0 bridgehead atoms. The van der Waals surface area contributed by atoms with Crippen molar-refractivity contribution < 1.29 is 9.22 Å². The summed E-state index contributed by atoms with van der Waals surface area (Å²) in [5, 5.41) is 0. The van der Waals surface area contributed by atoms with Gasteiger partial charge in [-0.3, -0.25) is 0 Å². The minimum Gasteiger partial charge on any atom is -0.505 e. The first kappa shape index (κ1) is 24.4. The Kier molecular flexibility index (Phi) is 9.16. The third-order valence-corrected chi connectivity index (χ3v) is 12.7. The summed E-state index contributed by atoms with van der Waals surface area (Å²) >= 11 is 0. The maximum atomic E-state index is 11.2. The summed E-state index contributed by atoms with van der Waals surface area (Å²) in [6.45, 7) is 26.6. The quantitative estimate of drug-likeness (QED) is 0.700. The Labute approximate surface area is 143 Å². The van der Waals surface area contributed by atoms with Gasteiger partial charge in [0.2, 0.25) is 8.32 Å². The van der Waals surface area contributed by atoms with E-state index in [0.29, 0.717) is 0 Å². The van der Waals surface area contributed by atoms with E-state index in [2.05, 4.69) is 75.2 Å². The number of carbonyl (C=O) groups is 1. The summed E-state index contributed by atoms with van der Waals surface area (Å²) in [4.78, 5) is 14.1. The summed E-state index contributed by atoms with van der Waals surface area (Å²) in [7, 11) is -2.94. The van der Waals surface area contributed by atoms with Gasteiger partial charge in [0.05, 0.1) is 0 Å². The number of nitrogens with zero attached hydrogens (tertiary/aromatic N) is 1. The van der Waals surface area contributed by atoms with Gasteiger partial charge in [0.15, 0.2) is 8.24 Å². The van der Waals surface area contributed by atoms with Gasteiger partial charge in [0.1, 0.15) is 16.5 Å². The van der Waals surface area contributed by atoms with Gasteiger partial charge >= 0.3 is 6.09 Å². The van der Waals surface area contributed by atoms with Crippen LogP contribution in [-0.2, 0) is 4.43 Å². The molecular formula is C14H40N2O2Si4. The molecule has 0 radical (unpaired) electrons. The molecule has 0 aromatic carbocycles. The molecule has 0 aromatic rings. The molecule has 134 valence electrons. The molecule has 1 N–H and O–H groups in total. The zero-order valence-corrected chi connectivity index (χ0v) is 21.3. The van der Waals surface area contributed by atoms with Crippen molar-refractivity contribution in [1.29, 1.82) is 0 Å². The van der Waals surface area contributed by atoms with Gasteiger partial charge in [-0.25, -0.2) is 4.79 Å². The van der Waals surface area contributed by atoms with Crippen molar-refractivity contribution in [2.75, 3.05) is 7.05 Å². The van der Waals surface area contributed by atoms with Gasteiger partial charge in [-0.2, -0.15) is 0 Å². The SMILES string of the molecule is CN([Si](C)(C)C)[Si](C)(C)C.C[Si](C)(C)NC(=O)O[Si](C)(C)C. The van der Waals surface area contributed by atoms with E-state index >= 15 is 0 Å². The second-order valence-corrected chi connectivity index (χ2v) is 29.4. The van der Waals surface area contributed by atoms with Crippen LogP contribution in [0.15, 0.2) is 0 Å². The molecule has 0 saturated heterocycles. The van der Waals surface area contributed by atoms with E-state index in [0.717, 1.165) is 0 Å². The summed E-state index contributed by atoms with van der Waals surface area (Å²) < 4.78 is 7.89. The maximum Gasteiger partial charge on any atom is 0.385 e. The van der Waals surface area contributed by atoms with Crippen LogP contribution in [0.1, 0.15) is 0 Å². The molecule has 0 saturated carbocycles. The lowest BCUT2D eigenvalue weighted by Crippen LogP contribution is -2.56. The van der Waals surface area contributed by atoms with Crippen molar-refractivity contribution in [1.82, 2.24) is 9.21 Å². The van der Waals surface area contributed by atoms with Crippen LogP contribution in [0.5, 0.6) is 0 Å². The molecule has 0 heterocycles. The van der Waals surface area contributed by atoms with Crippen LogP contribution in [-0.4, -0.2) is 50.4 Å². The van der Waals surface area contributed by atoms with Crippen LogP contribution in [0.2, 0.25) is 78.6 Å². The van der Waals surface area contributed by atoms with E-state index in [1.54, 1.807) is 0 Å². The number of rotatable bonds is 4. The minimum absolute atomic E-state index is 0.242. The molecule has 0 aromatic heterocycles. The Balaban J connectivity index is 0. The highest BCUT2D eigenvalue weighted by molar-refractivity contribution is 6.89. The lowest BCUT2D eigenvalue weighted by Gasteiger charge is -2.40. The number of nitrogens with one attached hydrogen (secondary N) is 1. The van der Waals surface area contributed by atoms with Crippen LogP contribution in [0.3, 0.4) is 0 Å². The summed E-state index contributed by atoms with van der Waals surface area (Å²) in [6.07, 6.45) is -0.242. The highest BCUT2D eigenvalue weighted by Crippen LogP contribution is 2.16. The highest BCUT2D eigenvalue weighted by atomic mass is 28.4. The zero-order valence-electron chi connectivity index (χ0n) is 17.3. The van der Waals surface area contributed by atoms with Crippen molar-refractivity contribution in [2.24, 2.45) is 0 Å². The molecule has 8 heteroatoms. The van der Waals surface area contributed by atoms with Crippen LogP contribution >= 0.6 is 0 Å². The zero-order chi connectivity index (χ0) is 18.6. The Hall–Kier alpha value is 0.0975. The van der Waals surface area contributed by atoms with E-state index in [4.69, 9.17) is 4.43 Å². The number of hydrogen-bond acceptors (Lipinski definition) is 3. The van der Waals surface area contributed by atoms with E-state index in [1.165, 1.54) is 0 Å². The van der Waals surface area contributed by atoms with Gasteiger partial charge in [0.25, 0.3) is 0 Å². The molecule has 0 fully saturated rings. The summed E-state index contributed by atoms with van der Waals surface area (Å²) in [5.74, 6) is 0. The maximum absolute atomic E-state index is 11.2. The predicted octanol–water partition coefficient (Wildman–Crippen LogP) is 4.97. The van der Waals surface area contributed by atoms with Crippen molar-refractivity contribution in [3.05, 3.63) is 0 Å². The Bertz CT molecular complexity index is 318. The average molecular weight is 381 g/mol. The average Bonchev–Trinajstić information content (AvgIpc) is 2.07. The van der Waals surface area contributed by atoms with Crippen LogP contribution in [0.4, 0.5) is 4.79 Å². The lowest BCUT2D eigenvalue weighted by molar-refractivity contribution is 0.204. The first-order valence-electron chi connectivity index (χ1n) is 8.01. The molecule has 0 aliphatic rings. The van der Waals surface area contributed by atoms with E-state index < -0.39 is 33.0 Å². The summed E-state index contributed by atoms with van der Waals surface area (Å²) in [5.41, 5.74) is 0. The highest BCUT2D eigenvalue weighted by Gasteiger charge is 2.30. The van der Waals surface area contributed by atoms with Crippen LogP contribution in [0.25, 0.3) is 0 Å². The number of carbonyl (C=O) groups excluding carboxylic acids is 1. The van der Waals surface area contributed by atoms with Gasteiger partial charge in [-0.05, 0) is 26.7 Å². The van der Waals surface area contributed by atoms with Gasteiger partial charge < -0.3 is 13.6 Å². The van der Waals surface area contributed by atoms with E-state index in [9.17, 15) is 4.79 Å². The van der Waals surface area contributed by atoms with Gasteiger partial charge in [-0.15, -0.1) is 0 Å². The fraction of sp³-hybridized carbons (Fsp3) is 0.929. The van der Waals surface area contributed by atoms with Crippen LogP contribution in [0, 0.1) is 0 Å². The second kappa shape index (κ2) is 8.27. The lowest BCUT2D eigenvalue weighted by atomic mass is 11.3. The largest absolute Gasteiger partial charge is 0.505 e. The number of amides is 1.